The van der Waals surface area contributed by atoms with Crippen molar-refractivity contribution in [2.45, 2.75) is 25.2 Å². The van der Waals surface area contributed by atoms with Crippen molar-refractivity contribution >= 4 is 12.0 Å². The number of aldehydes is 1. The van der Waals surface area contributed by atoms with Gasteiger partial charge < -0.3 is 4.79 Å². The first-order valence-corrected chi connectivity index (χ1v) is 6.36. The second-order valence-electron chi connectivity index (χ2n) is 4.70. The molecule has 1 unspecified atom stereocenters. The number of para-hydroxylation sites is 1. The van der Waals surface area contributed by atoms with Crippen LogP contribution in [0.4, 0.5) is 5.69 Å². The van der Waals surface area contributed by atoms with E-state index in [9.17, 15) is 4.79 Å². The number of hydrogen-bond acceptors (Lipinski definition) is 2. The molecule has 3 heteroatoms. The van der Waals surface area contributed by atoms with Gasteiger partial charge in [-0.15, -0.1) is 0 Å². The summed E-state index contributed by atoms with van der Waals surface area (Å²) in [7, 11) is 0. The highest BCUT2D eigenvalue weighted by Crippen LogP contribution is 2.30. The summed E-state index contributed by atoms with van der Waals surface area (Å²) in [5, 5.41) is 0. The minimum absolute atomic E-state index is 0.0765. The zero-order valence-electron chi connectivity index (χ0n) is 10.2. The van der Waals surface area contributed by atoms with E-state index in [0.717, 1.165) is 31.2 Å². The third-order valence-electron chi connectivity index (χ3n) is 3.54. The first-order valence-electron chi connectivity index (χ1n) is 6.36. The maximum Gasteiger partial charge on any atom is 0.127 e. The monoisotopic (exact) mass is 240 g/mol. The third-order valence-corrected chi connectivity index (χ3v) is 3.54. The van der Waals surface area contributed by atoms with Crippen LogP contribution in [0.5, 0.6) is 0 Å². The Labute approximate surface area is 106 Å². The van der Waals surface area contributed by atoms with E-state index in [4.69, 9.17) is 0 Å². The second kappa shape index (κ2) is 4.69. The van der Waals surface area contributed by atoms with E-state index in [1.807, 2.05) is 41.2 Å². The highest BCUT2D eigenvalue weighted by molar-refractivity contribution is 5.63. The fourth-order valence-corrected chi connectivity index (χ4v) is 2.63. The quantitative estimate of drug-likeness (QED) is 0.837. The summed E-state index contributed by atoms with van der Waals surface area (Å²) < 4.78 is 2.04. The van der Waals surface area contributed by atoms with Crippen LogP contribution in [0.15, 0.2) is 42.6 Å². The molecule has 0 spiro atoms. The van der Waals surface area contributed by atoms with Crippen LogP contribution in [-0.2, 0) is 11.2 Å². The fourth-order valence-electron chi connectivity index (χ4n) is 2.63. The smallest absolute Gasteiger partial charge is 0.127 e. The Bertz CT molecular complexity index is 545. The molecule has 1 atom stereocenters. The number of nitrogens with one attached hydrogen (secondary N) is 1. The summed E-state index contributed by atoms with van der Waals surface area (Å²) in [6.07, 6.45) is 6.18. The molecule has 0 bridgehead atoms. The molecule has 3 rings (SSSR count). The van der Waals surface area contributed by atoms with Crippen LogP contribution in [0, 0.1) is 0 Å². The summed E-state index contributed by atoms with van der Waals surface area (Å²) in [6.45, 7) is 0. The van der Waals surface area contributed by atoms with Gasteiger partial charge in [0.15, 0.2) is 0 Å². The molecule has 1 heterocycles. The van der Waals surface area contributed by atoms with E-state index < -0.39 is 0 Å². The highest BCUT2D eigenvalue weighted by Gasteiger charge is 2.22. The number of hydrogen-bond donors (Lipinski definition) is 1. The topological polar surface area (TPSA) is 34.0 Å². The van der Waals surface area contributed by atoms with E-state index in [2.05, 4.69) is 11.5 Å². The zero-order chi connectivity index (χ0) is 12.4. The average Bonchev–Trinajstić information content (AvgIpc) is 2.83. The lowest BCUT2D eigenvalue weighted by molar-refractivity contribution is -0.109. The van der Waals surface area contributed by atoms with Crippen molar-refractivity contribution < 1.29 is 4.79 Å². The number of rotatable bonds is 3. The third kappa shape index (κ3) is 1.92. The Hall–Kier alpha value is -2.03. The predicted molar refractivity (Wildman–Crippen MR) is 71.6 cm³/mol. The van der Waals surface area contributed by atoms with Gasteiger partial charge in [-0.25, -0.2) is 0 Å². The molecule has 0 aliphatic heterocycles. The molecule has 1 aromatic carbocycles. The molecule has 1 aromatic heterocycles. The predicted octanol–water partition coefficient (Wildman–Crippen LogP) is 2.98. The van der Waals surface area contributed by atoms with E-state index >= 15 is 0 Å². The summed E-state index contributed by atoms with van der Waals surface area (Å²) in [5.41, 5.74) is 6.84. The second-order valence-corrected chi connectivity index (χ2v) is 4.70. The van der Waals surface area contributed by atoms with Crippen LogP contribution in [0.3, 0.4) is 0 Å². The Balaban J connectivity index is 1.90. The lowest BCUT2D eigenvalue weighted by Gasteiger charge is -2.20. The maximum atomic E-state index is 11.1. The summed E-state index contributed by atoms with van der Waals surface area (Å²) in [4.78, 5) is 11.1. The van der Waals surface area contributed by atoms with Gasteiger partial charge in [-0.05, 0) is 43.0 Å². The van der Waals surface area contributed by atoms with Crippen LogP contribution >= 0.6 is 0 Å². The number of carbonyl (C=O) groups is 1. The van der Waals surface area contributed by atoms with Crippen LogP contribution in [0.2, 0.25) is 0 Å². The Kier molecular flexibility index (Phi) is 2.89. The Morgan fingerprint density at radius 3 is 2.83 bits per heavy atom. The number of nitrogens with zero attached hydrogens (tertiary/aromatic N) is 1. The number of aromatic nitrogens is 1. The van der Waals surface area contributed by atoms with Gasteiger partial charge in [0.25, 0.3) is 0 Å². The lowest BCUT2D eigenvalue weighted by atomic mass is 9.88. The van der Waals surface area contributed by atoms with Gasteiger partial charge in [0.05, 0.1) is 5.69 Å². The Morgan fingerprint density at radius 1 is 1.22 bits per heavy atom. The summed E-state index contributed by atoms with van der Waals surface area (Å²) >= 11 is 0. The Morgan fingerprint density at radius 2 is 2.06 bits per heavy atom. The van der Waals surface area contributed by atoms with Crippen molar-refractivity contribution in [3.8, 4) is 0 Å². The molecule has 1 aliphatic carbocycles. The van der Waals surface area contributed by atoms with Gasteiger partial charge >= 0.3 is 0 Å². The van der Waals surface area contributed by atoms with Crippen LogP contribution in [0.1, 0.15) is 30.0 Å². The van der Waals surface area contributed by atoms with Gasteiger partial charge in [-0.2, -0.15) is 0 Å². The molecule has 2 aromatic rings. The molecule has 0 radical (unpaired) electrons. The molecular formula is C15H16N2O. The van der Waals surface area contributed by atoms with Crippen molar-refractivity contribution in [1.82, 2.24) is 4.68 Å². The molecule has 0 fully saturated rings. The molecule has 18 heavy (non-hydrogen) atoms. The molecule has 1 N–H and O–H groups in total. The number of fused-ring (bicyclic) bond motifs is 1. The average molecular weight is 240 g/mol. The van der Waals surface area contributed by atoms with E-state index in [0.29, 0.717) is 0 Å². The number of benzene rings is 1. The standard InChI is InChI=1S/C15H16N2O/c18-11-12-5-4-8-15-14(12)9-10-17(15)16-13-6-2-1-3-7-13/h1-3,6-7,9-12,16H,4-5,8H2. The molecule has 0 amide bonds. The van der Waals surface area contributed by atoms with Gasteiger partial charge in [0.1, 0.15) is 6.29 Å². The van der Waals surface area contributed by atoms with Crippen molar-refractivity contribution in [1.29, 1.82) is 0 Å². The van der Waals surface area contributed by atoms with Gasteiger partial charge in [-0.3, -0.25) is 10.1 Å². The van der Waals surface area contributed by atoms with Crippen molar-refractivity contribution in [3.63, 3.8) is 0 Å². The number of anilines is 1. The van der Waals surface area contributed by atoms with E-state index in [-0.39, 0.29) is 5.92 Å². The van der Waals surface area contributed by atoms with Crippen molar-refractivity contribution in [3.05, 3.63) is 53.9 Å². The van der Waals surface area contributed by atoms with Gasteiger partial charge in [0.2, 0.25) is 0 Å². The van der Waals surface area contributed by atoms with Crippen LogP contribution in [-0.4, -0.2) is 11.0 Å². The van der Waals surface area contributed by atoms with Crippen molar-refractivity contribution in [2.24, 2.45) is 0 Å². The van der Waals surface area contributed by atoms with E-state index in [1.54, 1.807) is 0 Å². The molecule has 1 aliphatic rings. The maximum absolute atomic E-state index is 11.1. The van der Waals surface area contributed by atoms with Crippen LogP contribution < -0.4 is 5.43 Å². The van der Waals surface area contributed by atoms with Gasteiger partial charge in [0, 0.05) is 17.8 Å². The lowest BCUT2D eigenvalue weighted by Crippen LogP contribution is -2.17. The minimum atomic E-state index is 0.0765. The molecule has 0 saturated heterocycles. The molecule has 92 valence electrons. The van der Waals surface area contributed by atoms with Crippen molar-refractivity contribution in [2.75, 3.05) is 5.43 Å². The molecule has 3 nitrogen and oxygen atoms in total. The minimum Gasteiger partial charge on any atom is -0.303 e. The SMILES string of the molecule is O=CC1CCCc2c1ccn2Nc1ccccc1. The summed E-state index contributed by atoms with van der Waals surface area (Å²) in [5.74, 6) is 0.0765. The first kappa shape index (κ1) is 11.1. The number of carbonyl (C=O) groups excluding carboxylic acids is 1. The fraction of sp³-hybridized carbons (Fsp3) is 0.267. The molecule has 0 saturated carbocycles. The van der Waals surface area contributed by atoms with E-state index in [1.165, 1.54) is 11.3 Å². The highest BCUT2D eigenvalue weighted by atomic mass is 16.1. The summed E-state index contributed by atoms with van der Waals surface area (Å²) in [6, 6.07) is 12.1. The van der Waals surface area contributed by atoms with Crippen LogP contribution in [0.25, 0.3) is 0 Å². The zero-order valence-corrected chi connectivity index (χ0v) is 10.2. The van der Waals surface area contributed by atoms with Gasteiger partial charge in [-0.1, -0.05) is 18.2 Å². The largest absolute Gasteiger partial charge is 0.303 e. The first-order chi connectivity index (χ1) is 8.88. The molecular weight excluding hydrogens is 224 g/mol. The normalized spacial score (nSPS) is 18.1.